The molecule has 0 aliphatic heterocycles. The second kappa shape index (κ2) is 12.2. The molecule has 0 fully saturated rings. The molecule has 0 unspecified atom stereocenters. The second-order valence-electron chi connectivity index (χ2n) is 8.68. The number of carbonyl (C=O) groups excluding carboxylic acids is 1. The highest BCUT2D eigenvalue weighted by atomic mass is 19.4. The number of methoxy groups -OCH3 is 1. The Morgan fingerprint density at radius 2 is 1.65 bits per heavy atom. The Hall–Kier alpha value is -5.47. The van der Waals surface area contributed by atoms with E-state index in [0.717, 1.165) is 17.1 Å². The molecule has 1 aromatic carbocycles. The number of ether oxygens (including phenoxy) is 4. The number of alkyl halides is 3. The van der Waals surface area contributed by atoms with Gasteiger partial charge in [-0.25, -0.2) is 19.6 Å². The summed E-state index contributed by atoms with van der Waals surface area (Å²) in [4.78, 5) is 28.3. The van der Waals surface area contributed by atoms with Gasteiger partial charge in [0.15, 0.2) is 22.9 Å². The zero-order valence-electron chi connectivity index (χ0n) is 23.0. The molecule has 0 aliphatic carbocycles. The highest BCUT2D eigenvalue weighted by molar-refractivity contribution is 6.04. The van der Waals surface area contributed by atoms with Crippen molar-refractivity contribution in [3.8, 4) is 34.4 Å². The van der Waals surface area contributed by atoms with E-state index in [2.05, 4.69) is 30.4 Å². The standard InChI is InChI=1S/C28H24F3N7O5/c1-4-41-22-11-19-18(10-21(22)40-3)20(8-9-32-19)43-17-6-7-24(33-14-17)36-26(39)25-23(42-5-2)15-38(37-25)16-12-34-27(35-13-16)28(29,30)31/h6-15H,4-5H2,1-3H3,(H,33,36,39). The smallest absolute Gasteiger partial charge is 0.451 e. The van der Waals surface area contributed by atoms with E-state index in [0.29, 0.717) is 40.5 Å². The van der Waals surface area contributed by atoms with E-state index in [1.807, 2.05) is 6.92 Å². The molecule has 0 spiro atoms. The number of fused-ring (bicyclic) bond motifs is 1. The van der Waals surface area contributed by atoms with Gasteiger partial charge in [-0.1, -0.05) is 0 Å². The van der Waals surface area contributed by atoms with Crippen LogP contribution >= 0.6 is 0 Å². The van der Waals surface area contributed by atoms with Gasteiger partial charge in [-0.3, -0.25) is 9.78 Å². The van der Waals surface area contributed by atoms with Gasteiger partial charge in [0.05, 0.1) is 50.6 Å². The Labute approximate surface area is 242 Å². The third-order valence-corrected chi connectivity index (χ3v) is 5.84. The predicted molar refractivity (Wildman–Crippen MR) is 147 cm³/mol. The molecule has 12 nitrogen and oxygen atoms in total. The number of hydrogen-bond donors (Lipinski definition) is 1. The van der Waals surface area contributed by atoms with Crippen molar-refractivity contribution in [2.24, 2.45) is 0 Å². The molecule has 0 bridgehead atoms. The first-order valence-electron chi connectivity index (χ1n) is 12.9. The molecular formula is C28H24F3N7O5. The number of amides is 1. The van der Waals surface area contributed by atoms with Crippen LogP contribution in [-0.2, 0) is 6.18 Å². The lowest BCUT2D eigenvalue weighted by Crippen LogP contribution is -2.15. The Morgan fingerprint density at radius 1 is 0.907 bits per heavy atom. The number of pyridine rings is 2. The molecular weight excluding hydrogens is 571 g/mol. The number of hydrogen-bond acceptors (Lipinski definition) is 10. The van der Waals surface area contributed by atoms with Gasteiger partial charge >= 0.3 is 6.18 Å². The summed E-state index contributed by atoms with van der Waals surface area (Å²) in [6, 6.07) is 8.39. The lowest BCUT2D eigenvalue weighted by Gasteiger charge is -2.13. The third kappa shape index (κ3) is 6.39. The molecule has 43 heavy (non-hydrogen) atoms. The van der Waals surface area contributed by atoms with E-state index >= 15 is 0 Å². The van der Waals surface area contributed by atoms with Crippen LogP contribution in [0.5, 0.6) is 28.7 Å². The molecule has 0 saturated heterocycles. The van der Waals surface area contributed by atoms with E-state index in [1.165, 1.54) is 18.5 Å². The molecule has 4 aromatic heterocycles. The van der Waals surface area contributed by atoms with Crippen molar-refractivity contribution in [2.75, 3.05) is 25.6 Å². The van der Waals surface area contributed by atoms with Gasteiger partial charge in [0.2, 0.25) is 5.82 Å². The molecule has 0 atom stereocenters. The van der Waals surface area contributed by atoms with E-state index in [-0.39, 0.29) is 29.6 Å². The molecule has 4 heterocycles. The minimum Gasteiger partial charge on any atom is -0.493 e. The Kier molecular flexibility index (Phi) is 8.23. The molecule has 0 saturated carbocycles. The zero-order valence-corrected chi connectivity index (χ0v) is 23.0. The predicted octanol–water partition coefficient (Wildman–Crippen LogP) is 5.47. The SMILES string of the molecule is CCOc1cc2nccc(Oc3ccc(NC(=O)c4nn(-c5cnc(C(F)(F)F)nc5)cc4OCC)nc3)c2cc1OC. The monoisotopic (exact) mass is 595 g/mol. The van der Waals surface area contributed by atoms with Gasteiger partial charge in [-0.2, -0.15) is 18.3 Å². The lowest BCUT2D eigenvalue weighted by atomic mass is 10.2. The summed E-state index contributed by atoms with van der Waals surface area (Å²) in [6.45, 7) is 4.26. The number of anilines is 1. The van der Waals surface area contributed by atoms with Crippen molar-refractivity contribution in [1.29, 1.82) is 0 Å². The molecule has 1 amide bonds. The number of nitrogens with one attached hydrogen (secondary N) is 1. The molecule has 5 rings (SSSR count). The van der Waals surface area contributed by atoms with Crippen LogP contribution in [0.25, 0.3) is 16.6 Å². The minimum absolute atomic E-state index is 0.1000. The summed E-state index contributed by atoms with van der Waals surface area (Å²) in [5.41, 5.74) is 0.626. The van der Waals surface area contributed by atoms with Gasteiger partial charge in [0.1, 0.15) is 23.0 Å². The Morgan fingerprint density at radius 3 is 2.30 bits per heavy atom. The summed E-state index contributed by atoms with van der Waals surface area (Å²) in [6.07, 6.45) is 1.58. The maximum absolute atomic E-state index is 13.0. The highest BCUT2D eigenvalue weighted by Gasteiger charge is 2.34. The van der Waals surface area contributed by atoms with E-state index in [1.54, 1.807) is 44.5 Å². The third-order valence-electron chi connectivity index (χ3n) is 5.84. The average molecular weight is 596 g/mol. The van der Waals surface area contributed by atoms with Crippen molar-refractivity contribution in [2.45, 2.75) is 20.0 Å². The Bertz CT molecular complexity index is 1740. The first-order chi connectivity index (χ1) is 20.7. The first-order valence-corrected chi connectivity index (χ1v) is 12.9. The summed E-state index contributed by atoms with van der Waals surface area (Å²) < 4.78 is 62.2. The Balaban J connectivity index is 1.33. The summed E-state index contributed by atoms with van der Waals surface area (Å²) in [7, 11) is 1.54. The number of benzene rings is 1. The van der Waals surface area contributed by atoms with Crippen LogP contribution in [-0.4, -0.2) is 55.9 Å². The van der Waals surface area contributed by atoms with Crippen molar-refractivity contribution >= 4 is 22.6 Å². The molecule has 0 radical (unpaired) electrons. The fraction of sp³-hybridized carbons (Fsp3) is 0.214. The number of rotatable bonds is 10. The van der Waals surface area contributed by atoms with Crippen LogP contribution in [0.4, 0.5) is 19.0 Å². The second-order valence-corrected chi connectivity index (χ2v) is 8.68. The van der Waals surface area contributed by atoms with Gasteiger partial charge in [0, 0.05) is 17.6 Å². The van der Waals surface area contributed by atoms with Crippen LogP contribution in [0.1, 0.15) is 30.2 Å². The van der Waals surface area contributed by atoms with Gasteiger partial charge in [-0.15, -0.1) is 0 Å². The topological polar surface area (TPSA) is 135 Å². The average Bonchev–Trinajstić information content (AvgIpc) is 3.42. The van der Waals surface area contributed by atoms with Crippen LogP contribution in [0, 0.1) is 0 Å². The summed E-state index contributed by atoms with van der Waals surface area (Å²) in [5.74, 6) is 0.328. The van der Waals surface area contributed by atoms with Crippen molar-refractivity contribution in [1.82, 2.24) is 29.7 Å². The van der Waals surface area contributed by atoms with E-state index < -0.39 is 17.9 Å². The number of halogens is 3. The van der Waals surface area contributed by atoms with Gasteiger partial charge < -0.3 is 24.3 Å². The lowest BCUT2D eigenvalue weighted by molar-refractivity contribution is -0.145. The molecule has 15 heteroatoms. The van der Waals surface area contributed by atoms with Crippen LogP contribution in [0.15, 0.2) is 61.3 Å². The molecule has 1 N–H and O–H groups in total. The van der Waals surface area contributed by atoms with Crippen molar-refractivity contribution < 1.29 is 36.9 Å². The summed E-state index contributed by atoms with van der Waals surface area (Å²) >= 11 is 0. The quantitative estimate of drug-likeness (QED) is 0.221. The first kappa shape index (κ1) is 29.0. The van der Waals surface area contributed by atoms with Crippen molar-refractivity contribution in [3.05, 3.63) is 72.8 Å². The fourth-order valence-corrected chi connectivity index (χ4v) is 3.96. The molecule has 5 aromatic rings. The minimum atomic E-state index is -4.69. The van der Waals surface area contributed by atoms with Gasteiger partial charge in [0.25, 0.3) is 5.91 Å². The highest BCUT2D eigenvalue weighted by Crippen LogP contribution is 2.37. The van der Waals surface area contributed by atoms with E-state index in [9.17, 15) is 18.0 Å². The molecule has 0 aliphatic rings. The number of carbonyl (C=O) groups is 1. The van der Waals surface area contributed by atoms with Crippen LogP contribution in [0.3, 0.4) is 0 Å². The largest absolute Gasteiger partial charge is 0.493 e. The number of nitrogens with zero attached hydrogens (tertiary/aromatic N) is 6. The van der Waals surface area contributed by atoms with Crippen LogP contribution < -0.4 is 24.3 Å². The fourth-order valence-electron chi connectivity index (χ4n) is 3.96. The maximum Gasteiger partial charge on any atom is 0.451 e. The summed E-state index contributed by atoms with van der Waals surface area (Å²) in [5, 5.41) is 7.48. The van der Waals surface area contributed by atoms with E-state index in [4.69, 9.17) is 18.9 Å². The van der Waals surface area contributed by atoms with Crippen molar-refractivity contribution in [3.63, 3.8) is 0 Å². The van der Waals surface area contributed by atoms with Gasteiger partial charge in [-0.05, 0) is 38.1 Å². The molecule has 222 valence electrons. The zero-order chi connectivity index (χ0) is 30.6. The van der Waals surface area contributed by atoms with Crippen LogP contribution in [0.2, 0.25) is 0 Å². The number of aromatic nitrogens is 6. The normalized spacial score (nSPS) is 11.3. The maximum atomic E-state index is 13.0.